The summed E-state index contributed by atoms with van der Waals surface area (Å²) < 4.78 is 26.2. The van der Waals surface area contributed by atoms with E-state index in [1.807, 2.05) is 0 Å². The van der Waals surface area contributed by atoms with Crippen LogP contribution >= 0.6 is 11.6 Å². The third-order valence-corrected chi connectivity index (χ3v) is 4.44. The van der Waals surface area contributed by atoms with Crippen LogP contribution < -0.4 is 4.72 Å². The second-order valence-corrected chi connectivity index (χ2v) is 6.10. The molecule has 0 spiro atoms. The van der Waals surface area contributed by atoms with Crippen LogP contribution in [0.25, 0.3) is 0 Å². The lowest BCUT2D eigenvalue weighted by molar-refractivity contribution is 0.350. The van der Waals surface area contributed by atoms with Crippen molar-refractivity contribution in [2.24, 2.45) is 0 Å². The normalized spacial score (nSPS) is 11.9. The lowest BCUT2D eigenvalue weighted by atomic mass is 10.2. The van der Waals surface area contributed by atoms with Gasteiger partial charge in [0.05, 0.1) is 16.8 Å². The molecule has 0 fully saturated rings. The number of nitrogens with one attached hydrogen (secondary N) is 1. The Hall–Kier alpha value is -1.73. The summed E-state index contributed by atoms with van der Waals surface area (Å²) in [6, 6.07) is 6.27. The zero-order valence-electron chi connectivity index (χ0n) is 10.7. The minimum absolute atomic E-state index is 0.158. The highest BCUT2D eigenvalue weighted by molar-refractivity contribution is 7.93. The smallest absolute Gasteiger partial charge is 0.249 e. The van der Waals surface area contributed by atoms with Crippen LogP contribution in [0.2, 0.25) is 5.02 Å². The lowest BCUT2D eigenvalue weighted by Crippen LogP contribution is -2.26. The predicted molar refractivity (Wildman–Crippen MR) is 77.7 cm³/mol. The van der Waals surface area contributed by atoms with E-state index in [0.29, 0.717) is 5.56 Å². The fourth-order valence-electron chi connectivity index (χ4n) is 1.43. The first-order valence-corrected chi connectivity index (χ1v) is 7.67. The quantitative estimate of drug-likeness (QED) is 0.828. The fraction of sp³-hybridized carbons (Fsp3) is 0.308. The van der Waals surface area contributed by atoms with Gasteiger partial charge in [0.2, 0.25) is 10.0 Å². The Morgan fingerprint density at radius 2 is 2.20 bits per heavy atom. The summed E-state index contributed by atoms with van der Waals surface area (Å²) in [6.07, 6.45) is 0.174. The van der Waals surface area contributed by atoms with E-state index in [0.717, 1.165) is 0 Å². The molecule has 0 aromatic heterocycles. The van der Waals surface area contributed by atoms with E-state index in [1.54, 1.807) is 19.1 Å². The molecule has 106 valence electrons. The van der Waals surface area contributed by atoms with Gasteiger partial charge in [0.1, 0.15) is 6.61 Å². The Morgan fingerprint density at radius 3 is 2.75 bits per heavy atom. The molecule has 1 unspecified atom stereocenters. The van der Waals surface area contributed by atoms with Crippen LogP contribution in [0.4, 0.5) is 5.69 Å². The molecule has 0 bridgehead atoms. The van der Waals surface area contributed by atoms with Crippen molar-refractivity contribution in [1.82, 2.24) is 0 Å². The molecule has 1 rings (SSSR count). The van der Waals surface area contributed by atoms with Crippen LogP contribution in [0.1, 0.15) is 18.9 Å². The molecule has 1 aromatic carbocycles. The zero-order valence-corrected chi connectivity index (χ0v) is 12.3. The Kier molecular flexibility index (Phi) is 5.84. The molecule has 0 amide bonds. The van der Waals surface area contributed by atoms with Crippen LogP contribution in [0.3, 0.4) is 0 Å². The molecule has 0 radical (unpaired) electrons. The first kappa shape index (κ1) is 16.3. The molecule has 7 heteroatoms. The summed E-state index contributed by atoms with van der Waals surface area (Å²) in [6.45, 7) is 1.31. The van der Waals surface area contributed by atoms with E-state index in [4.69, 9.17) is 22.0 Å². The van der Waals surface area contributed by atoms with Crippen molar-refractivity contribution in [2.45, 2.75) is 18.6 Å². The number of sulfonamides is 1. The van der Waals surface area contributed by atoms with Gasteiger partial charge in [-0.3, -0.25) is 4.72 Å². The van der Waals surface area contributed by atoms with Crippen molar-refractivity contribution < 1.29 is 13.5 Å². The molecular formula is C13H13ClN2O3S. The van der Waals surface area contributed by atoms with Crippen molar-refractivity contribution in [3.05, 3.63) is 28.8 Å². The molecule has 0 saturated heterocycles. The summed E-state index contributed by atoms with van der Waals surface area (Å²) in [7, 11) is -3.83. The number of nitrogens with zero attached hydrogens (tertiary/aromatic N) is 1. The Labute approximate surface area is 123 Å². The summed E-state index contributed by atoms with van der Waals surface area (Å²) in [4.78, 5) is 0. The largest absolute Gasteiger partial charge is 0.384 e. The van der Waals surface area contributed by atoms with E-state index in [2.05, 4.69) is 16.6 Å². The van der Waals surface area contributed by atoms with Gasteiger partial charge in [-0.1, -0.05) is 30.4 Å². The van der Waals surface area contributed by atoms with Crippen LogP contribution in [-0.4, -0.2) is 25.4 Å². The van der Waals surface area contributed by atoms with Gasteiger partial charge in [-0.2, -0.15) is 5.26 Å². The number of halogens is 1. The van der Waals surface area contributed by atoms with Gasteiger partial charge in [-0.25, -0.2) is 8.42 Å². The van der Waals surface area contributed by atoms with Crippen LogP contribution in [0, 0.1) is 23.2 Å². The Morgan fingerprint density at radius 1 is 1.50 bits per heavy atom. The maximum Gasteiger partial charge on any atom is 0.249 e. The first-order chi connectivity index (χ1) is 9.44. The molecule has 0 aliphatic carbocycles. The van der Waals surface area contributed by atoms with Gasteiger partial charge < -0.3 is 5.11 Å². The molecule has 2 N–H and O–H groups in total. The SMILES string of the molecule is CCC(C#N)S(=O)(=O)Nc1cc(C#CCO)ccc1Cl. The number of rotatable bonds is 4. The van der Waals surface area contributed by atoms with Gasteiger partial charge in [0.15, 0.2) is 5.25 Å². The molecule has 20 heavy (non-hydrogen) atoms. The monoisotopic (exact) mass is 312 g/mol. The number of hydrogen-bond donors (Lipinski definition) is 2. The molecule has 1 aromatic rings. The van der Waals surface area contributed by atoms with Crippen LogP contribution in [0.5, 0.6) is 0 Å². The lowest BCUT2D eigenvalue weighted by Gasteiger charge is -2.12. The highest BCUT2D eigenvalue weighted by atomic mass is 35.5. The highest BCUT2D eigenvalue weighted by Crippen LogP contribution is 2.25. The molecule has 0 aliphatic rings. The zero-order chi connectivity index (χ0) is 15.2. The van der Waals surface area contributed by atoms with Gasteiger partial charge in [0.25, 0.3) is 0 Å². The second-order valence-electron chi connectivity index (χ2n) is 3.83. The fourth-order valence-corrected chi connectivity index (χ4v) is 2.84. The average Bonchev–Trinajstić information content (AvgIpc) is 2.40. The number of benzene rings is 1. The van der Waals surface area contributed by atoms with E-state index in [9.17, 15) is 8.42 Å². The van der Waals surface area contributed by atoms with E-state index in [-0.39, 0.29) is 23.7 Å². The minimum Gasteiger partial charge on any atom is -0.384 e. The number of aliphatic hydroxyl groups is 1. The van der Waals surface area contributed by atoms with E-state index >= 15 is 0 Å². The van der Waals surface area contributed by atoms with Gasteiger partial charge >= 0.3 is 0 Å². The summed E-state index contributed by atoms with van der Waals surface area (Å²) in [5, 5.41) is 16.5. The third kappa shape index (κ3) is 4.14. The maximum absolute atomic E-state index is 12.0. The highest BCUT2D eigenvalue weighted by Gasteiger charge is 2.24. The van der Waals surface area contributed by atoms with Gasteiger partial charge in [-0.15, -0.1) is 0 Å². The average molecular weight is 313 g/mol. The minimum atomic E-state index is -3.83. The van der Waals surface area contributed by atoms with Crippen molar-refractivity contribution >= 4 is 27.3 Å². The van der Waals surface area contributed by atoms with Gasteiger partial charge in [-0.05, 0) is 24.6 Å². The molecule has 5 nitrogen and oxygen atoms in total. The topological polar surface area (TPSA) is 90.2 Å². The molecular weight excluding hydrogens is 300 g/mol. The summed E-state index contributed by atoms with van der Waals surface area (Å²) in [5.41, 5.74) is 0.663. The number of aliphatic hydroxyl groups excluding tert-OH is 1. The summed E-state index contributed by atoms with van der Waals surface area (Å²) in [5.74, 6) is 5.10. The number of nitriles is 1. The van der Waals surface area contributed by atoms with Crippen molar-refractivity contribution in [3.8, 4) is 17.9 Å². The van der Waals surface area contributed by atoms with Crippen molar-refractivity contribution in [3.63, 3.8) is 0 Å². The third-order valence-electron chi connectivity index (χ3n) is 2.42. The standard InChI is InChI=1S/C13H13ClN2O3S/c1-2-11(9-15)20(18,19)16-13-8-10(4-3-7-17)5-6-12(13)14/h5-6,8,11,16-17H,2,7H2,1H3. The number of hydrogen-bond acceptors (Lipinski definition) is 4. The van der Waals surface area contributed by atoms with E-state index < -0.39 is 15.3 Å². The first-order valence-electron chi connectivity index (χ1n) is 5.75. The van der Waals surface area contributed by atoms with Crippen LogP contribution in [0.15, 0.2) is 18.2 Å². The van der Waals surface area contributed by atoms with Crippen molar-refractivity contribution in [1.29, 1.82) is 5.26 Å². The number of anilines is 1. The maximum atomic E-state index is 12.0. The molecule has 0 heterocycles. The summed E-state index contributed by atoms with van der Waals surface area (Å²) >= 11 is 5.92. The molecule has 0 aliphatic heterocycles. The van der Waals surface area contributed by atoms with Gasteiger partial charge in [0, 0.05) is 5.56 Å². The predicted octanol–water partition coefficient (Wildman–Crippen LogP) is 1.73. The Balaban J connectivity index is 3.12. The van der Waals surface area contributed by atoms with E-state index in [1.165, 1.54) is 12.1 Å². The Bertz CT molecular complexity index is 684. The second kappa shape index (κ2) is 7.16. The molecule has 0 saturated carbocycles. The van der Waals surface area contributed by atoms with Crippen molar-refractivity contribution in [2.75, 3.05) is 11.3 Å². The van der Waals surface area contributed by atoms with Crippen LogP contribution in [-0.2, 0) is 10.0 Å². The molecule has 1 atom stereocenters.